The maximum Gasteiger partial charge on any atom is 0.179 e. The number of thiophene rings is 1. The monoisotopic (exact) mass is 262 g/mol. The summed E-state index contributed by atoms with van der Waals surface area (Å²) in [4.78, 5) is 12.6. The minimum atomic E-state index is -0.0911. The molecule has 1 aromatic rings. The van der Waals surface area contributed by atoms with Crippen molar-refractivity contribution in [1.29, 1.82) is 10.7 Å². The van der Waals surface area contributed by atoms with Gasteiger partial charge < -0.3 is 5.41 Å². The van der Waals surface area contributed by atoms with Crippen LogP contribution in [0.4, 0.5) is 0 Å². The van der Waals surface area contributed by atoms with Crippen LogP contribution in [0, 0.1) is 28.6 Å². The van der Waals surface area contributed by atoms with Gasteiger partial charge in [0.1, 0.15) is 10.9 Å². The third-order valence-electron chi connectivity index (χ3n) is 2.71. The van der Waals surface area contributed by atoms with Gasteiger partial charge in [0.2, 0.25) is 0 Å². The lowest BCUT2D eigenvalue weighted by molar-refractivity contribution is -0.116. The number of nitriles is 1. The Bertz CT molecular complexity index is 482. The standard InChI is InChI=1S/C14H18N2OS/c1-9(2)4-10(3)14(17)13(16)6-11-5-12(7-15)18-8-11/h5,8-10,16H,4,6H2,1-3H3/t10-/m0/s1. The molecule has 0 bridgehead atoms. The summed E-state index contributed by atoms with van der Waals surface area (Å²) in [6, 6.07) is 3.81. The first-order chi connectivity index (χ1) is 8.43. The number of ketones is 1. The van der Waals surface area contributed by atoms with Crippen LogP contribution in [0.1, 0.15) is 37.6 Å². The lowest BCUT2D eigenvalue weighted by atomic mass is 9.91. The second-order valence-corrected chi connectivity index (χ2v) is 5.89. The van der Waals surface area contributed by atoms with Gasteiger partial charge in [-0.2, -0.15) is 5.26 Å². The summed E-state index contributed by atoms with van der Waals surface area (Å²) in [6.45, 7) is 6.03. The van der Waals surface area contributed by atoms with Crippen LogP contribution in [-0.4, -0.2) is 11.5 Å². The zero-order valence-electron chi connectivity index (χ0n) is 11.0. The maximum atomic E-state index is 12.0. The van der Waals surface area contributed by atoms with Gasteiger partial charge in [-0.25, -0.2) is 0 Å². The summed E-state index contributed by atoms with van der Waals surface area (Å²) in [5, 5.41) is 18.4. The zero-order valence-corrected chi connectivity index (χ0v) is 11.8. The van der Waals surface area contributed by atoms with E-state index in [4.69, 9.17) is 10.7 Å². The molecule has 0 unspecified atom stereocenters. The first-order valence-corrected chi connectivity index (χ1v) is 6.91. The highest BCUT2D eigenvalue weighted by atomic mass is 32.1. The topological polar surface area (TPSA) is 64.7 Å². The van der Waals surface area contributed by atoms with Gasteiger partial charge in [-0.15, -0.1) is 11.3 Å². The molecule has 3 nitrogen and oxygen atoms in total. The third kappa shape index (κ3) is 4.08. The van der Waals surface area contributed by atoms with Crippen molar-refractivity contribution in [3.8, 4) is 6.07 Å². The molecule has 96 valence electrons. The molecule has 1 atom stereocenters. The number of nitrogens with one attached hydrogen (secondary N) is 1. The van der Waals surface area contributed by atoms with E-state index in [0.717, 1.165) is 12.0 Å². The van der Waals surface area contributed by atoms with Crippen molar-refractivity contribution >= 4 is 22.8 Å². The Balaban J connectivity index is 2.60. The minimum absolute atomic E-state index is 0.0755. The van der Waals surface area contributed by atoms with Crippen LogP contribution in [0.15, 0.2) is 11.4 Å². The number of rotatable bonds is 6. The number of carbonyl (C=O) groups excluding carboxylic acids is 1. The molecule has 0 amide bonds. The number of carbonyl (C=O) groups is 1. The summed E-state index contributed by atoms with van der Waals surface area (Å²) in [5.41, 5.74) is 1.03. The van der Waals surface area contributed by atoms with Gasteiger partial charge in [-0.3, -0.25) is 4.79 Å². The second kappa shape index (κ2) is 6.46. The number of Topliss-reactive ketones (excluding diaryl/α,β-unsaturated/α-hetero) is 1. The molecular weight excluding hydrogens is 244 g/mol. The maximum absolute atomic E-state index is 12.0. The first-order valence-electron chi connectivity index (χ1n) is 6.03. The Kier molecular flexibility index (Phi) is 5.24. The van der Waals surface area contributed by atoms with Crippen molar-refractivity contribution in [3.63, 3.8) is 0 Å². The van der Waals surface area contributed by atoms with Gasteiger partial charge in [0.15, 0.2) is 5.78 Å². The van der Waals surface area contributed by atoms with E-state index in [9.17, 15) is 4.79 Å². The van der Waals surface area contributed by atoms with Crippen molar-refractivity contribution in [3.05, 3.63) is 21.9 Å². The van der Waals surface area contributed by atoms with Gasteiger partial charge >= 0.3 is 0 Å². The second-order valence-electron chi connectivity index (χ2n) is 4.98. The van der Waals surface area contributed by atoms with Crippen molar-refractivity contribution in [2.45, 2.75) is 33.6 Å². The van der Waals surface area contributed by atoms with Crippen molar-refractivity contribution < 1.29 is 4.79 Å². The summed E-state index contributed by atoms with van der Waals surface area (Å²) < 4.78 is 0. The molecule has 0 radical (unpaired) electrons. The Hall–Kier alpha value is -1.47. The van der Waals surface area contributed by atoms with Gasteiger partial charge in [0.25, 0.3) is 0 Å². The molecular formula is C14H18N2OS. The summed E-state index contributed by atoms with van der Waals surface area (Å²) in [5.74, 6) is 0.295. The van der Waals surface area contributed by atoms with E-state index in [1.54, 1.807) is 6.07 Å². The summed E-state index contributed by atoms with van der Waals surface area (Å²) >= 11 is 1.35. The zero-order chi connectivity index (χ0) is 13.7. The molecule has 1 aromatic heterocycles. The SMILES string of the molecule is CC(C)C[C@H](C)C(=O)C(=N)Cc1csc(C#N)c1. The van der Waals surface area contributed by atoms with Crippen molar-refractivity contribution in [2.75, 3.05) is 0 Å². The predicted octanol–water partition coefficient (Wildman–Crippen LogP) is 3.43. The van der Waals surface area contributed by atoms with Crippen LogP contribution < -0.4 is 0 Å². The van der Waals surface area contributed by atoms with Crippen molar-refractivity contribution in [1.82, 2.24) is 0 Å². The lowest BCUT2D eigenvalue weighted by Gasteiger charge is -2.13. The van der Waals surface area contributed by atoms with Crippen molar-refractivity contribution in [2.24, 2.45) is 11.8 Å². The Morgan fingerprint density at radius 2 is 2.17 bits per heavy atom. The molecule has 1 heterocycles. The highest BCUT2D eigenvalue weighted by Gasteiger charge is 2.19. The first kappa shape index (κ1) is 14.6. The normalized spacial score (nSPS) is 12.2. The molecule has 1 N–H and O–H groups in total. The number of hydrogen-bond donors (Lipinski definition) is 1. The van der Waals surface area contributed by atoms with E-state index in [-0.39, 0.29) is 17.4 Å². The number of hydrogen-bond acceptors (Lipinski definition) is 4. The van der Waals surface area contributed by atoms with Crippen LogP contribution >= 0.6 is 11.3 Å². The molecule has 0 aliphatic rings. The number of nitrogens with zero attached hydrogens (tertiary/aromatic N) is 1. The van der Waals surface area contributed by atoms with E-state index in [2.05, 4.69) is 19.9 Å². The Morgan fingerprint density at radius 1 is 1.50 bits per heavy atom. The van der Waals surface area contributed by atoms with Gasteiger partial charge in [0, 0.05) is 12.3 Å². The van der Waals surface area contributed by atoms with Crippen LogP contribution in [0.3, 0.4) is 0 Å². The fourth-order valence-electron chi connectivity index (χ4n) is 1.93. The summed E-state index contributed by atoms with van der Waals surface area (Å²) in [6.07, 6.45) is 1.15. The highest BCUT2D eigenvalue weighted by Crippen LogP contribution is 2.17. The molecule has 0 spiro atoms. The quantitative estimate of drug-likeness (QED) is 0.798. The molecule has 0 saturated heterocycles. The van der Waals surface area contributed by atoms with Crippen LogP contribution in [-0.2, 0) is 11.2 Å². The fraction of sp³-hybridized carbons (Fsp3) is 0.500. The Morgan fingerprint density at radius 3 is 2.67 bits per heavy atom. The molecule has 0 aromatic carbocycles. The summed E-state index contributed by atoms with van der Waals surface area (Å²) in [7, 11) is 0. The van der Waals surface area contributed by atoms with E-state index in [1.807, 2.05) is 12.3 Å². The van der Waals surface area contributed by atoms with E-state index < -0.39 is 0 Å². The molecule has 0 aliphatic carbocycles. The van der Waals surface area contributed by atoms with Crippen LogP contribution in [0.2, 0.25) is 0 Å². The molecule has 1 rings (SSSR count). The van der Waals surface area contributed by atoms with Gasteiger partial charge in [0.05, 0.1) is 5.71 Å². The van der Waals surface area contributed by atoms with Gasteiger partial charge in [-0.05, 0) is 29.3 Å². The van der Waals surface area contributed by atoms with E-state index >= 15 is 0 Å². The van der Waals surface area contributed by atoms with Crippen LogP contribution in [0.25, 0.3) is 0 Å². The van der Waals surface area contributed by atoms with Gasteiger partial charge in [-0.1, -0.05) is 20.8 Å². The fourth-order valence-corrected chi connectivity index (χ4v) is 2.63. The average Bonchev–Trinajstić information content (AvgIpc) is 2.74. The molecule has 0 aliphatic heterocycles. The largest absolute Gasteiger partial charge is 0.301 e. The minimum Gasteiger partial charge on any atom is -0.301 e. The Labute approximate surface area is 112 Å². The highest BCUT2D eigenvalue weighted by molar-refractivity contribution is 7.10. The molecule has 4 heteroatoms. The van der Waals surface area contributed by atoms with Crippen LogP contribution in [0.5, 0.6) is 0 Å². The average molecular weight is 262 g/mol. The predicted molar refractivity (Wildman–Crippen MR) is 74.1 cm³/mol. The van der Waals surface area contributed by atoms with E-state index in [1.165, 1.54) is 11.3 Å². The molecule has 0 saturated carbocycles. The van der Waals surface area contributed by atoms with E-state index in [0.29, 0.717) is 17.2 Å². The third-order valence-corrected chi connectivity index (χ3v) is 3.60. The lowest BCUT2D eigenvalue weighted by Crippen LogP contribution is -2.23. The molecule has 0 fully saturated rings. The molecule has 18 heavy (non-hydrogen) atoms. The smallest absolute Gasteiger partial charge is 0.179 e.